The molecule has 0 aliphatic heterocycles. The summed E-state index contributed by atoms with van der Waals surface area (Å²) in [6, 6.07) is 1.03. The van der Waals surface area contributed by atoms with Crippen LogP contribution < -0.4 is 5.32 Å². The number of hydrogen-bond acceptors (Lipinski definition) is 3. The van der Waals surface area contributed by atoms with Crippen LogP contribution in [0.5, 0.6) is 11.5 Å². The molecule has 0 spiro atoms. The largest absolute Gasteiger partial charge is 0.506 e. The maximum atomic E-state index is 12.9. The first-order chi connectivity index (χ1) is 6.07. The minimum atomic E-state index is -0.840. The van der Waals surface area contributed by atoms with Crippen LogP contribution in [0.4, 0.5) is 4.39 Å². The average Bonchev–Trinajstić information content (AvgIpc) is 2.11. The molecule has 1 rings (SSSR count). The van der Waals surface area contributed by atoms with E-state index in [1.807, 2.05) is 0 Å². The van der Waals surface area contributed by atoms with E-state index in [9.17, 15) is 9.50 Å². The average molecular weight is 206 g/mol. The van der Waals surface area contributed by atoms with Crippen LogP contribution in [0.25, 0.3) is 0 Å². The van der Waals surface area contributed by atoms with E-state index in [0.29, 0.717) is 5.56 Å². The van der Waals surface area contributed by atoms with Gasteiger partial charge in [-0.05, 0) is 13.1 Å². The predicted octanol–water partition coefficient (Wildman–Crippen LogP) is 1.61. The van der Waals surface area contributed by atoms with E-state index in [2.05, 4.69) is 5.32 Å². The Morgan fingerprint density at radius 2 is 2.08 bits per heavy atom. The monoisotopic (exact) mass is 205 g/mol. The smallest absolute Gasteiger partial charge is 0.174 e. The van der Waals surface area contributed by atoms with Gasteiger partial charge in [-0.3, -0.25) is 0 Å². The Morgan fingerprint density at radius 1 is 1.46 bits per heavy atom. The fourth-order valence-electron chi connectivity index (χ4n) is 0.973. The summed E-state index contributed by atoms with van der Waals surface area (Å²) in [5.41, 5.74) is 0.308. The first-order valence-corrected chi connectivity index (χ1v) is 3.99. The van der Waals surface area contributed by atoms with Crippen LogP contribution in [-0.2, 0) is 6.54 Å². The van der Waals surface area contributed by atoms with Gasteiger partial charge in [0.05, 0.1) is 0 Å². The predicted molar refractivity (Wildman–Crippen MR) is 47.5 cm³/mol. The molecular formula is C8H9ClFNO2. The lowest BCUT2D eigenvalue weighted by Gasteiger charge is -2.07. The maximum absolute atomic E-state index is 12.9. The van der Waals surface area contributed by atoms with Gasteiger partial charge in [-0.25, -0.2) is 4.39 Å². The number of phenolic OH excluding ortho intramolecular Hbond substituents is 2. The Kier molecular flexibility index (Phi) is 2.95. The lowest BCUT2D eigenvalue weighted by atomic mass is 10.2. The number of rotatable bonds is 2. The maximum Gasteiger partial charge on any atom is 0.174 e. The molecule has 13 heavy (non-hydrogen) atoms. The summed E-state index contributed by atoms with van der Waals surface area (Å²) >= 11 is 5.46. The molecule has 0 bridgehead atoms. The number of halogens is 2. The Bertz CT molecular complexity index is 330. The van der Waals surface area contributed by atoms with Crippen molar-refractivity contribution in [3.8, 4) is 11.5 Å². The van der Waals surface area contributed by atoms with Crippen LogP contribution in [0.3, 0.4) is 0 Å². The minimum absolute atomic E-state index is 0.281. The van der Waals surface area contributed by atoms with Gasteiger partial charge in [-0.15, -0.1) is 0 Å². The number of phenols is 2. The van der Waals surface area contributed by atoms with Crippen molar-refractivity contribution in [1.82, 2.24) is 5.32 Å². The standard InChI is InChI=1S/C8H9ClFNO2/c1-11-3-4-2-5(10)8(13)6(9)7(4)12/h2,11-13H,3H2,1H3. The van der Waals surface area contributed by atoms with Crippen molar-refractivity contribution in [3.63, 3.8) is 0 Å². The molecule has 0 amide bonds. The van der Waals surface area contributed by atoms with Crippen LogP contribution in [0.2, 0.25) is 5.02 Å². The van der Waals surface area contributed by atoms with Crippen LogP contribution >= 0.6 is 11.6 Å². The Morgan fingerprint density at radius 3 is 2.62 bits per heavy atom. The van der Waals surface area contributed by atoms with Crippen molar-refractivity contribution in [2.24, 2.45) is 0 Å². The molecule has 3 N–H and O–H groups in total. The van der Waals surface area contributed by atoms with Crippen molar-refractivity contribution in [1.29, 1.82) is 0 Å². The normalized spacial score (nSPS) is 10.4. The zero-order chi connectivity index (χ0) is 10.0. The van der Waals surface area contributed by atoms with Crippen molar-refractivity contribution < 1.29 is 14.6 Å². The third kappa shape index (κ3) is 1.84. The molecule has 0 unspecified atom stereocenters. The summed E-state index contributed by atoms with van der Waals surface area (Å²) in [5.74, 6) is -1.86. The number of hydrogen-bond donors (Lipinski definition) is 3. The van der Waals surface area contributed by atoms with Gasteiger partial charge in [0, 0.05) is 12.1 Å². The second-order valence-electron chi connectivity index (χ2n) is 2.56. The van der Waals surface area contributed by atoms with Crippen LogP contribution in [0.15, 0.2) is 6.07 Å². The number of aromatic hydroxyl groups is 2. The summed E-state index contributed by atoms with van der Waals surface area (Å²) in [4.78, 5) is 0. The van der Waals surface area contributed by atoms with Gasteiger partial charge in [0.25, 0.3) is 0 Å². The summed E-state index contributed by atoms with van der Waals surface area (Å²) < 4.78 is 12.9. The van der Waals surface area contributed by atoms with Gasteiger partial charge < -0.3 is 15.5 Å². The fraction of sp³-hybridized carbons (Fsp3) is 0.250. The molecule has 5 heteroatoms. The zero-order valence-corrected chi connectivity index (χ0v) is 7.69. The Labute approximate surface area is 79.8 Å². The number of benzene rings is 1. The van der Waals surface area contributed by atoms with Crippen molar-refractivity contribution in [3.05, 3.63) is 22.5 Å². The molecule has 0 aromatic heterocycles. The van der Waals surface area contributed by atoms with E-state index in [0.717, 1.165) is 6.07 Å². The zero-order valence-electron chi connectivity index (χ0n) is 6.93. The molecule has 0 fully saturated rings. The Balaban J connectivity index is 3.24. The van der Waals surface area contributed by atoms with Gasteiger partial charge in [-0.1, -0.05) is 11.6 Å². The fourth-order valence-corrected chi connectivity index (χ4v) is 1.18. The first kappa shape index (κ1) is 10.1. The third-order valence-electron chi connectivity index (χ3n) is 1.61. The lowest BCUT2D eigenvalue weighted by Crippen LogP contribution is -2.05. The van der Waals surface area contributed by atoms with E-state index < -0.39 is 11.6 Å². The highest BCUT2D eigenvalue weighted by molar-refractivity contribution is 6.33. The number of nitrogens with one attached hydrogen (secondary N) is 1. The summed E-state index contributed by atoms with van der Waals surface area (Å²) in [6.45, 7) is 0.281. The van der Waals surface area contributed by atoms with Crippen molar-refractivity contribution >= 4 is 11.6 Å². The van der Waals surface area contributed by atoms with Gasteiger partial charge in [0.1, 0.15) is 10.8 Å². The van der Waals surface area contributed by atoms with E-state index in [1.54, 1.807) is 7.05 Å². The van der Waals surface area contributed by atoms with Gasteiger partial charge in [0.15, 0.2) is 11.6 Å². The van der Waals surface area contributed by atoms with Gasteiger partial charge in [0.2, 0.25) is 0 Å². The van der Waals surface area contributed by atoms with Gasteiger partial charge >= 0.3 is 0 Å². The van der Waals surface area contributed by atoms with E-state index in [-0.39, 0.29) is 17.3 Å². The highest BCUT2D eigenvalue weighted by Crippen LogP contribution is 2.37. The molecule has 1 aromatic carbocycles. The second kappa shape index (κ2) is 3.81. The molecule has 3 nitrogen and oxygen atoms in total. The highest BCUT2D eigenvalue weighted by Gasteiger charge is 2.14. The van der Waals surface area contributed by atoms with Crippen molar-refractivity contribution in [2.75, 3.05) is 7.05 Å². The third-order valence-corrected chi connectivity index (χ3v) is 1.97. The topological polar surface area (TPSA) is 52.5 Å². The SMILES string of the molecule is CNCc1cc(F)c(O)c(Cl)c1O. The second-order valence-corrected chi connectivity index (χ2v) is 2.94. The molecule has 0 saturated heterocycles. The van der Waals surface area contributed by atoms with Crippen LogP contribution in [0.1, 0.15) is 5.56 Å². The molecule has 0 aliphatic carbocycles. The lowest BCUT2D eigenvalue weighted by molar-refractivity contribution is 0.416. The molecule has 72 valence electrons. The summed E-state index contributed by atoms with van der Waals surface area (Å²) in [5, 5.41) is 20.7. The summed E-state index contributed by atoms with van der Waals surface area (Å²) in [6.07, 6.45) is 0. The van der Waals surface area contributed by atoms with Crippen LogP contribution in [0, 0.1) is 5.82 Å². The molecule has 0 aliphatic rings. The van der Waals surface area contributed by atoms with Gasteiger partial charge in [-0.2, -0.15) is 0 Å². The van der Waals surface area contributed by atoms with E-state index in [4.69, 9.17) is 16.7 Å². The van der Waals surface area contributed by atoms with E-state index in [1.165, 1.54) is 0 Å². The van der Waals surface area contributed by atoms with Crippen LogP contribution in [-0.4, -0.2) is 17.3 Å². The molecular weight excluding hydrogens is 197 g/mol. The molecule has 0 atom stereocenters. The molecule has 0 saturated carbocycles. The highest BCUT2D eigenvalue weighted by atomic mass is 35.5. The first-order valence-electron chi connectivity index (χ1n) is 3.61. The Hall–Kier alpha value is -1.00. The molecule has 1 aromatic rings. The molecule has 0 radical (unpaired) electrons. The summed E-state index contributed by atoms with van der Waals surface area (Å²) in [7, 11) is 1.65. The molecule has 0 heterocycles. The van der Waals surface area contributed by atoms with E-state index >= 15 is 0 Å². The minimum Gasteiger partial charge on any atom is -0.506 e. The quantitative estimate of drug-likeness (QED) is 0.688. The van der Waals surface area contributed by atoms with Crippen molar-refractivity contribution in [2.45, 2.75) is 6.54 Å².